The molecule has 2 aromatic heterocycles. The Hall–Kier alpha value is -8.34. The first-order chi connectivity index (χ1) is 30.8. The second-order valence-corrected chi connectivity index (χ2v) is 15.7. The van der Waals surface area contributed by atoms with Gasteiger partial charge in [-0.25, -0.2) is 15.0 Å². The lowest BCUT2D eigenvalue weighted by atomic mass is 9.82. The summed E-state index contributed by atoms with van der Waals surface area (Å²) in [6.07, 6.45) is 3.63. The van der Waals surface area contributed by atoms with Gasteiger partial charge in [-0.2, -0.15) is 0 Å². The van der Waals surface area contributed by atoms with Crippen LogP contribution in [0, 0.1) is 0 Å². The fourth-order valence-corrected chi connectivity index (χ4v) is 9.37. The number of fused-ring (bicyclic) bond motifs is 4. The molecule has 2 heterocycles. The van der Waals surface area contributed by atoms with Crippen molar-refractivity contribution in [3.63, 3.8) is 0 Å². The second kappa shape index (κ2) is 14.7. The maximum absolute atomic E-state index is 5.07. The summed E-state index contributed by atoms with van der Waals surface area (Å²) in [6, 6.07) is 73.4. The number of hydrogen-bond donors (Lipinski definition) is 0. The summed E-state index contributed by atoms with van der Waals surface area (Å²) in [5.74, 6) is 1.89. The van der Waals surface area contributed by atoms with E-state index < -0.39 is 0 Å². The Bertz CT molecular complexity index is 3370. The maximum atomic E-state index is 5.07. The zero-order valence-electron chi connectivity index (χ0n) is 33.6. The van der Waals surface area contributed by atoms with E-state index in [1.165, 1.54) is 71.6 Å². The van der Waals surface area contributed by atoms with E-state index >= 15 is 0 Å². The minimum absolute atomic E-state index is 0.628. The lowest BCUT2D eigenvalue weighted by molar-refractivity contribution is 1.07. The smallest absolute Gasteiger partial charge is 0.164 e. The normalized spacial score (nSPS) is 11.5. The molecule has 0 spiro atoms. The molecule has 0 saturated heterocycles. The van der Waals surface area contributed by atoms with E-state index in [9.17, 15) is 0 Å². The maximum Gasteiger partial charge on any atom is 0.164 e. The van der Waals surface area contributed by atoms with Crippen molar-refractivity contribution in [2.45, 2.75) is 0 Å². The minimum Gasteiger partial charge on any atom is -0.265 e. The van der Waals surface area contributed by atoms with Crippen molar-refractivity contribution in [1.82, 2.24) is 19.9 Å². The van der Waals surface area contributed by atoms with Gasteiger partial charge in [-0.05, 0) is 100 Å². The molecule has 0 saturated carbocycles. The lowest BCUT2D eigenvalue weighted by Crippen LogP contribution is -2.00. The van der Waals surface area contributed by atoms with Gasteiger partial charge < -0.3 is 0 Å². The van der Waals surface area contributed by atoms with Crippen LogP contribution in [0.2, 0.25) is 0 Å². The van der Waals surface area contributed by atoms with Crippen LogP contribution in [0.5, 0.6) is 0 Å². The highest BCUT2D eigenvalue weighted by atomic mass is 15.0. The first kappa shape index (κ1) is 35.6. The largest absolute Gasteiger partial charge is 0.265 e. The quantitative estimate of drug-likeness (QED) is 0.161. The zero-order chi connectivity index (χ0) is 41.0. The van der Waals surface area contributed by atoms with Crippen molar-refractivity contribution in [1.29, 1.82) is 0 Å². The van der Waals surface area contributed by atoms with Crippen molar-refractivity contribution in [3.05, 3.63) is 219 Å². The molecule has 1 aliphatic carbocycles. The molecule has 0 amide bonds. The van der Waals surface area contributed by atoms with E-state index in [1.54, 1.807) is 0 Å². The number of nitrogens with zero attached hydrogens (tertiary/aromatic N) is 4. The summed E-state index contributed by atoms with van der Waals surface area (Å²) < 4.78 is 0. The van der Waals surface area contributed by atoms with E-state index in [1.807, 2.05) is 54.9 Å². The third-order valence-corrected chi connectivity index (χ3v) is 12.2. The molecule has 1 aliphatic rings. The Kier molecular flexibility index (Phi) is 8.46. The van der Waals surface area contributed by atoms with Gasteiger partial charge in [0.25, 0.3) is 0 Å². The molecule has 4 heteroatoms. The van der Waals surface area contributed by atoms with Gasteiger partial charge in [-0.1, -0.05) is 194 Å². The Balaban J connectivity index is 0.991. The molecule has 0 bridgehead atoms. The van der Waals surface area contributed by atoms with Crippen molar-refractivity contribution in [2.75, 3.05) is 0 Å². The summed E-state index contributed by atoms with van der Waals surface area (Å²) in [4.78, 5) is 19.2. The van der Waals surface area contributed by atoms with Gasteiger partial charge in [0, 0.05) is 29.1 Å². The van der Waals surface area contributed by atoms with E-state index in [0.29, 0.717) is 17.5 Å². The predicted molar refractivity (Wildman–Crippen MR) is 255 cm³/mol. The molecule has 62 heavy (non-hydrogen) atoms. The van der Waals surface area contributed by atoms with Gasteiger partial charge in [0.05, 0.1) is 0 Å². The van der Waals surface area contributed by atoms with E-state index in [-0.39, 0.29) is 0 Å². The molecule has 4 nitrogen and oxygen atoms in total. The van der Waals surface area contributed by atoms with E-state index in [2.05, 4.69) is 169 Å². The summed E-state index contributed by atoms with van der Waals surface area (Å²) >= 11 is 0. The average Bonchev–Trinajstić information content (AvgIpc) is 3.69. The van der Waals surface area contributed by atoms with Gasteiger partial charge in [-0.3, -0.25) is 4.98 Å². The molecular formula is C58H36N4. The molecular weight excluding hydrogens is 753 g/mol. The van der Waals surface area contributed by atoms with Gasteiger partial charge >= 0.3 is 0 Å². The van der Waals surface area contributed by atoms with Crippen LogP contribution < -0.4 is 0 Å². The topological polar surface area (TPSA) is 51.6 Å². The molecule has 0 radical (unpaired) electrons. The van der Waals surface area contributed by atoms with Crippen molar-refractivity contribution < 1.29 is 0 Å². The first-order valence-corrected chi connectivity index (χ1v) is 21.0. The monoisotopic (exact) mass is 788 g/mol. The van der Waals surface area contributed by atoms with Gasteiger partial charge in [0.1, 0.15) is 0 Å². The predicted octanol–water partition coefficient (Wildman–Crippen LogP) is 14.9. The molecule has 9 aromatic carbocycles. The third-order valence-electron chi connectivity index (χ3n) is 12.2. The highest BCUT2D eigenvalue weighted by Crippen LogP contribution is 2.58. The van der Waals surface area contributed by atoms with Crippen molar-refractivity contribution >= 4 is 21.5 Å². The third kappa shape index (κ3) is 5.92. The summed E-state index contributed by atoms with van der Waals surface area (Å²) in [6.45, 7) is 0. The Morgan fingerprint density at radius 2 is 0.613 bits per heavy atom. The van der Waals surface area contributed by atoms with Crippen LogP contribution >= 0.6 is 0 Å². The number of hydrogen-bond acceptors (Lipinski definition) is 4. The fraction of sp³-hybridized carbons (Fsp3) is 0. The molecule has 0 atom stereocenters. The summed E-state index contributed by atoms with van der Waals surface area (Å²) in [7, 11) is 0. The SMILES string of the molecule is c1ccc(-c2nc(-c3ccc(-c4ccncc4)cc3)nc(-c3ccc(-c4ccc5c6c(cccc46)-c4c-5c(-c5ccccc5)c5ccccc5c4-c4ccccc4)cc3)n2)cc1. The van der Waals surface area contributed by atoms with E-state index in [4.69, 9.17) is 15.0 Å². The number of pyridine rings is 1. The highest BCUT2D eigenvalue weighted by Gasteiger charge is 2.31. The minimum atomic E-state index is 0.628. The summed E-state index contributed by atoms with van der Waals surface area (Å²) in [5.41, 5.74) is 17.5. The standard InChI is InChI=1S/C58H36N4/c1-4-13-40(14-5-1)51-47-19-10-11-20-48(47)52(41-15-6-2-7-16-41)55-50-32-31-45(46-21-12-22-49(53(46)50)54(51)55)39-25-29-44(30-26-39)58-61-56(42-17-8-3-9-18-42)60-57(62-58)43-27-23-37(24-28-43)38-33-35-59-36-34-38/h1-36H. The van der Waals surface area contributed by atoms with E-state index in [0.717, 1.165) is 33.4 Å². The molecule has 288 valence electrons. The number of rotatable bonds is 7. The Morgan fingerprint density at radius 1 is 0.226 bits per heavy atom. The molecule has 0 aliphatic heterocycles. The van der Waals surface area contributed by atoms with Crippen LogP contribution in [0.3, 0.4) is 0 Å². The molecule has 11 aromatic rings. The first-order valence-electron chi connectivity index (χ1n) is 21.0. The molecule has 12 rings (SSSR count). The van der Waals surface area contributed by atoms with Crippen molar-refractivity contribution in [3.8, 4) is 101 Å². The van der Waals surface area contributed by atoms with Gasteiger partial charge in [0.2, 0.25) is 0 Å². The van der Waals surface area contributed by atoms with Crippen LogP contribution in [0.15, 0.2) is 219 Å². The molecule has 0 N–H and O–H groups in total. The molecule has 0 unspecified atom stereocenters. The Labute approximate surface area is 359 Å². The molecule has 0 fully saturated rings. The van der Waals surface area contributed by atoms with Crippen LogP contribution in [-0.4, -0.2) is 19.9 Å². The van der Waals surface area contributed by atoms with Gasteiger partial charge in [-0.15, -0.1) is 0 Å². The van der Waals surface area contributed by atoms with Crippen LogP contribution in [-0.2, 0) is 0 Å². The second-order valence-electron chi connectivity index (χ2n) is 15.7. The average molecular weight is 789 g/mol. The number of benzene rings is 9. The zero-order valence-corrected chi connectivity index (χ0v) is 33.6. The lowest BCUT2D eigenvalue weighted by Gasteiger charge is -2.20. The van der Waals surface area contributed by atoms with Crippen molar-refractivity contribution in [2.24, 2.45) is 0 Å². The fourth-order valence-electron chi connectivity index (χ4n) is 9.37. The Morgan fingerprint density at radius 3 is 1.15 bits per heavy atom. The van der Waals surface area contributed by atoms with Crippen LogP contribution in [0.25, 0.3) is 122 Å². The summed E-state index contributed by atoms with van der Waals surface area (Å²) in [5, 5.41) is 5.04. The van der Waals surface area contributed by atoms with Crippen LogP contribution in [0.4, 0.5) is 0 Å². The van der Waals surface area contributed by atoms with Crippen LogP contribution in [0.1, 0.15) is 0 Å². The number of aromatic nitrogens is 4. The van der Waals surface area contributed by atoms with Gasteiger partial charge in [0.15, 0.2) is 17.5 Å². The highest BCUT2D eigenvalue weighted by molar-refractivity contribution is 6.28.